The maximum Gasteiger partial charge on any atom is 0.327 e. The largest absolute Gasteiger partial charge is 0.468 e. The van der Waals surface area contributed by atoms with Crippen molar-refractivity contribution in [3.05, 3.63) is 28.8 Å². The maximum absolute atomic E-state index is 13.7. The molecule has 1 heterocycles. The molecule has 1 atom stereocenters. The highest BCUT2D eigenvalue weighted by Gasteiger charge is 2.36. The minimum absolute atomic E-state index is 0.0131. The van der Waals surface area contributed by atoms with Gasteiger partial charge in [0.2, 0.25) is 5.95 Å². The Balaban J connectivity index is 3.30. The third-order valence-corrected chi connectivity index (χ3v) is 2.73. The molecule has 1 rings (SSSR count). The zero-order valence-electron chi connectivity index (χ0n) is 13.1. The van der Waals surface area contributed by atoms with Crippen LogP contribution in [0.2, 0.25) is 0 Å². The lowest BCUT2D eigenvalue weighted by molar-refractivity contribution is -0.163. The van der Waals surface area contributed by atoms with Crippen molar-refractivity contribution in [2.24, 2.45) is 0 Å². The molecule has 1 aromatic heterocycles. The smallest absolute Gasteiger partial charge is 0.327 e. The third-order valence-electron chi connectivity index (χ3n) is 2.73. The molecule has 0 radical (unpaired) electrons. The van der Waals surface area contributed by atoms with Gasteiger partial charge in [-0.25, -0.2) is 4.98 Å². The highest BCUT2D eigenvalue weighted by molar-refractivity contribution is 6.00. The van der Waals surface area contributed by atoms with Gasteiger partial charge in [-0.3, -0.25) is 9.59 Å². The molecule has 0 aliphatic carbocycles. The summed E-state index contributed by atoms with van der Waals surface area (Å²) in [5.74, 6) is -3.77. The van der Waals surface area contributed by atoms with Crippen molar-refractivity contribution in [1.29, 1.82) is 0 Å². The summed E-state index contributed by atoms with van der Waals surface area (Å²) in [7, 11) is 1.15. The first kappa shape index (κ1) is 17.1. The van der Waals surface area contributed by atoms with Crippen LogP contribution in [0.25, 0.3) is 0 Å². The van der Waals surface area contributed by atoms with Crippen molar-refractivity contribution in [2.45, 2.75) is 46.1 Å². The average Bonchev–Trinajstić information content (AvgIpc) is 2.33. The molecule has 0 spiro atoms. The zero-order valence-corrected chi connectivity index (χ0v) is 13.1. The van der Waals surface area contributed by atoms with Crippen LogP contribution in [0, 0.1) is 19.8 Å². The van der Waals surface area contributed by atoms with Crippen LogP contribution in [-0.2, 0) is 19.1 Å². The van der Waals surface area contributed by atoms with Gasteiger partial charge in [-0.2, -0.15) is 4.39 Å². The van der Waals surface area contributed by atoms with Gasteiger partial charge in [0, 0.05) is 5.56 Å². The van der Waals surface area contributed by atoms with E-state index in [0.29, 0.717) is 11.1 Å². The average molecular weight is 297 g/mol. The first-order valence-electron chi connectivity index (χ1n) is 6.51. The van der Waals surface area contributed by atoms with E-state index in [-0.39, 0.29) is 5.69 Å². The molecule has 6 heteroatoms. The summed E-state index contributed by atoms with van der Waals surface area (Å²) >= 11 is 0. The molecule has 0 fully saturated rings. The van der Waals surface area contributed by atoms with Crippen LogP contribution >= 0.6 is 0 Å². The van der Waals surface area contributed by atoms with Crippen molar-refractivity contribution in [3.8, 4) is 0 Å². The van der Waals surface area contributed by atoms with Crippen LogP contribution in [0.1, 0.15) is 43.5 Å². The maximum atomic E-state index is 13.7. The standard InChI is InChI=1S/C15H20FNO4/c1-8-7-9(2)12(16)17-11(8)10(13(18)20-6)14(19)21-15(3,4)5/h7,10H,1-6H3. The molecule has 0 bridgehead atoms. The van der Waals surface area contributed by atoms with E-state index in [1.165, 1.54) is 6.07 Å². The van der Waals surface area contributed by atoms with Gasteiger partial charge in [-0.05, 0) is 46.2 Å². The number of rotatable bonds is 3. The Morgan fingerprint density at radius 3 is 2.24 bits per heavy atom. The van der Waals surface area contributed by atoms with Crippen molar-refractivity contribution >= 4 is 11.9 Å². The monoisotopic (exact) mass is 297 g/mol. The molecule has 0 aliphatic rings. The number of nitrogens with zero attached hydrogens (tertiary/aromatic N) is 1. The number of aryl methyl sites for hydroxylation is 2. The fraction of sp³-hybridized carbons (Fsp3) is 0.533. The van der Waals surface area contributed by atoms with Crippen LogP contribution in [0.15, 0.2) is 6.07 Å². The molecule has 21 heavy (non-hydrogen) atoms. The van der Waals surface area contributed by atoms with E-state index in [2.05, 4.69) is 9.72 Å². The molecule has 0 aromatic carbocycles. The van der Waals surface area contributed by atoms with Crippen molar-refractivity contribution in [1.82, 2.24) is 4.98 Å². The quantitative estimate of drug-likeness (QED) is 0.487. The lowest BCUT2D eigenvalue weighted by Crippen LogP contribution is -2.33. The number of pyridine rings is 1. The number of methoxy groups -OCH3 is 1. The fourth-order valence-electron chi connectivity index (χ4n) is 1.83. The number of carbonyl (C=O) groups is 2. The Morgan fingerprint density at radius 2 is 1.76 bits per heavy atom. The number of aromatic nitrogens is 1. The first-order valence-corrected chi connectivity index (χ1v) is 6.51. The minimum atomic E-state index is -1.40. The number of carbonyl (C=O) groups excluding carboxylic acids is 2. The number of esters is 2. The van der Waals surface area contributed by atoms with Crippen molar-refractivity contribution in [2.75, 3.05) is 7.11 Å². The van der Waals surface area contributed by atoms with Gasteiger partial charge in [0.15, 0.2) is 5.92 Å². The Hall–Kier alpha value is -1.98. The topological polar surface area (TPSA) is 65.5 Å². The molecular formula is C15H20FNO4. The van der Waals surface area contributed by atoms with Gasteiger partial charge >= 0.3 is 11.9 Å². The predicted molar refractivity (Wildman–Crippen MR) is 74.3 cm³/mol. The Bertz CT molecular complexity index is 564. The SMILES string of the molecule is COC(=O)C(C(=O)OC(C)(C)C)c1nc(F)c(C)cc1C. The zero-order chi connectivity index (χ0) is 16.4. The fourth-order valence-corrected chi connectivity index (χ4v) is 1.83. The Labute approximate surface area is 123 Å². The molecule has 0 saturated heterocycles. The number of hydrogen-bond acceptors (Lipinski definition) is 5. The van der Waals surface area contributed by atoms with E-state index in [4.69, 9.17) is 4.74 Å². The Morgan fingerprint density at radius 1 is 1.19 bits per heavy atom. The van der Waals surface area contributed by atoms with E-state index in [9.17, 15) is 14.0 Å². The summed E-state index contributed by atoms with van der Waals surface area (Å²) in [4.78, 5) is 27.8. The molecule has 5 nitrogen and oxygen atoms in total. The van der Waals surface area contributed by atoms with Gasteiger partial charge in [0.05, 0.1) is 12.8 Å². The molecule has 0 aliphatic heterocycles. The van der Waals surface area contributed by atoms with Crippen molar-refractivity contribution in [3.63, 3.8) is 0 Å². The predicted octanol–water partition coefficient (Wildman–Crippen LogP) is 2.44. The second kappa shape index (κ2) is 6.20. The summed E-state index contributed by atoms with van der Waals surface area (Å²) in [6.45, 7) is 8.23. The number of ether oxygens (including phenoxy) is 2. The van der Waals surface area contributed by atoms with Gasteiger partial charge in [0.1, 0.15) is 5.60 Å². The molecule has 1 unspecified atom stereocenters. The highest BCUT2D eigenvalue weighted by Crippen LogP contribution is 2.24. The summed E-state index contributed by atoms with van der Waals surface area (Å²) in [5, 5.41) is 0. The number of hydrogen-bond donors (Lipinski definition) is 0. The van der Waals surface area contributed by atoms with Gasteiger partial charge in [-0.15, -0.1) is 0 Å². The number of halogens is 1. The molecule has 116 valence electrons. The highest BCUT2D eigenvalue weighted by atomic mass is 19.1. The second-order valence-corrected chi connectivity index (χ2v) is 5.79. The van der Waals surface area contributed by atoms with Gasteiger partial charge in [-0.1, -0.05) is 0 Å². The van der Waals surface area contributed by atoms with Crippen molar-refractivity contribution < 1.29 is 23.5 Å². The summed E-state index contributed by atoms with van der Waals surface area (Å²) < 4.78 is 23.5. The van der Waals surface area contributed by atoms with E-state index >= 15 is 0 Å². The van der Waals surface area contributed by atoms with E-state index in [1.54, 1.807) is 34.6 Å². The minimum Gasteiger partial charge on any atom is -0.468 e. The van der Waals surface area contributed by atoms with Gasteiger partial charge in [0.25, 0.3) is 0 Å². The van der Waals surface area contributed by atoms with Crippen LogP contribution in [0.5, 0.6) is 0 Å². The molecule has 0 N–H and O–H groups in total. The normalized spacial score (nSPS) is 12.7. The van der Waals surface area contributed by atoms with E-state index < -0.39 is 29.4 Å². The van der Waals surface area contributed by atoms with E-state index in [0.717, 1.165) is 7.11 Å². The molecular weight excluding hydrogens is 277 g/mol. The van der Waals surface area contributed by atoms with Crippen LogP contribution in [-0.4, -0.2) is 29.6 Å². The summed E-state index contributed by atoms with van der Waals surface area (Å²) in [5.41, 5.74) is 0.0963. The van der Waals surface area contributed by atoms with Gasteiger partial charge < -0.3 is 9.47 Å². The lowest BCUT2D eigenvalue weighted by Gasteiger charge is -2.23. The first-order chi connectivity index (χ1) is 9.56. The second-order valence-electron chi connectivity index (χ2n) is 5.79. The lowest BCUT2D eigenvalue weighted by atomic mass is 9.99. The summed E-state index contributed by atoms with van der Waals surface area (Å²) in [6, 6.07) is 1.53. The Kier molecular flexibility index (Phi) is 5.04. The molecule has 0 saturated carbocycles. The van der Waals surface area contributed by atoms with E-state index in [1.807, 2.05) is 0 Å². The summed E-state index contributed by atoms with van der Waals surface area (Å²) in [6.07, 6.45) is 0. The van der Waals surface area contributed by atoms with Crippen LogP contribution < -0.4 is 0 Å². The molecule has 1 aromatic rings. The van der Waals surface area contributed by atoms with Crippen LogP contribution in [0.3, 0.4) is 0 Å². The van der Waals surface area contributed by atoms with Crippen LogP contribution in [0.4, 0.5) is 4.39 Å². The molecule has 0 amide bonds. The third kappa shape index (κ3) is 4.24.